The minimum Gasteiger partial charge on any atom is -0.366 e. The van der Waals surface area contributed by atoms with Gasteiger partial charge in [0.2, 0.25) is 11.8 Å². The van der Waals surface area contributed by atoms with Crippen molar-refractivity contribution in [3.8, 4) is 0 Å². The molecule has 1 rings (SSSR count). The third-order valence-electron chi connectivity index (χ3n) is 2.71. The summed E-state index contributed by atoms with van der Waals surface area (Å²) in [6.45, 7) is 2.11. The number of amides is 2. The first-order valence-corrected chi connectivity index (χ1v) is 5.79. The maximum atomic E-state index is 11.4. The predicted octanol–water partition coefficient (Wildman–Crippen LogP) is 1.62. The van der Waals surface area contributed by atoms with Gasteiger partial charge in [-0.2, -0.15) is 0 Å². The second kappa shape index (κ2) is 6.03. The molecule has 0 fully saturated rings. The molecule has 0 saturated heterocycles. The lowest BCUT2D eigenvalue weighted by molar-refractivity contribution is 0.0966. The van der Waals surface area contributed by atoms with Gasteiger partial charge in [-0.1, -0.05) is 31.9 Å². The molecule has 0 aliphatic heterocycles. The van der Waals surface area contributed by atoms with E-state index in [1.54, 1.807) is 6.07 Å². The zero-order valence-electron chi connectivity index (χ0n) is 10.0. The quantitative estimate of drug-likeness (QED) is 0.733. The SMILES string of the molecule is CCCCCc1cccc(C(N)=O)c1C(N)=O. The smallest absolute Gasteiger partial charge is 0.249 e. The molecule has 0 radical (unpaired) electrons. The molecule has 0 aliphatic rings. The number of carbonyl (C=O) groups is 2. The summed E-state index contributed by atoms with van der Waals surface area (Å²) in [5.41, 5.74) is 11.8. The van der Waals surface area contributed by atoms with Crippen LogP contribution < -0.4 is 11.5 Å². The van der Waals surface area contributed by atoms with Crippen LogP contribution >= 0.6 is 0 Å². The Morgan fingerprint density at radius 2 is 1.82 bits per heavy atom. The molecule has 0 aromatic heterocycles. The van der Waals surface area contributed by atoms with Gasteiger partial charge in [-0.3, -0.25) is 9.59 Å². The highest BCUT2D eigenvalue weighted by Gasteiger charge is 2.16. The molecule has 92 valence electrons. The third kappa shape index (κ3) is 3.31. The minimum atomic E-state index is -0.615. The van der Waals surface area contributed by atoms with Crippen LogP contribution in [0.25, 0.3) is 0 Å². The Balaban J connectivity index is 3.07. The maximum absolute atomic E-state index is 11.4. The van der Waals surface area contributed by atoms with Gasteiger partial charge in [0.05, 0.1) is 11.1 Å². The van der Waals surface area contributed by atoms with E-state index < -0.39 is 11.8 Å². The van der Waals surface area contributed by atoms with Crippen LogP contribution in [0.15, 0.2) is 18.2 Å². The molecule has 0 atom stereocenters. The number of primary amides is 2. The van der Waals surface area contributed by atoms with Gasteiger partial charge in [0.1, 0.15) is 0 Å². The molecule has 0 spiro atoms. The fourth-order valence-electron chi connectivity index (χ4n) is 1.87. The maximum Gasteiger partial charge on any atom is 0.249 e. The van der Waals surface area contributed by atoms with Gasteiger partial charge in [0.25, 0.3) is 0 Å². The first-order chi connectivity index (χ1) is 8.07. The summed E-state index contributed by atoms with van der Waals surface area (Å²) in [7, 11) is 0. The Kier molecular flexibility index (Phi) is 4.69. The average Bonchev–Trinajstić information content (AvgIpc) is 2.28. The van der Waals surface area contributed by atoms with Crippen LogP contribution in [0.4, 0.5) is 0 Å². The van der Waals surface area contributed by atoms with Crippen molar-refractivity contribution >= 4 is 11.8 Å². The Labute approximate surface area is 101 Å². The number of hydrogen-bond donors (Lipinski definition) is 2. The van der Waals surface area contributed by atoms with Gasteiger partial charge in [-0.05, 0) is 24.5 Å². The second-order valence-electron chi connectivity index (χ2n) is 4.03. The van der Waals surface area contributed by atoms with Crippen LogP contribution in [0, 0.1) is 0 Å². The van der Waals surface area contributed by atoms with Crippen molar-refractivity contribution in [2.24, 2.45) is 11.5 Å². The van der Waals surface area contributed by atoms with Gasteiger partial charge in [-0.15, -0.1) is 0 Å². The summed E-state index contributed by atoms with van der Waals surface area (Å²) in [6.07, 6.45) is 3.90. The largest absolute Gasteiger partial charge is 0.366 e. The van der Waals surface area contributed by atoms with Crippen LogP contribution in [0.2, 0.25) is 0 Å². The molecule has 4 N–H and O–H groups in total. The highest BCUT2D eigenvalue weighted by molar-refractivity contribution is 6.07. The summed E-state index contributed by atoms with van der Waals surface area (Å²) in [6, 6.07) is 5.09. The fraction of sp³-hybridized carbons (Fsp3) is 0.385. The summed E-state index contributed by atoms with van der Waals surface area (Å²) in [4.78, 5) is 22.6. The first-order valence-electron chi connectivity index (χ1n) is 5.79. The van der Waals surface area contributed by atoms with E-state index >= 15 is 0 Å². The number of unbranched alkanes of at least 4 members (excludes halogenated alkanes) is 2. The monoisotopic (exact) mass is 234 g/mol. The molecule has 4 nitrogen and oxygen atoms in total. The standard InChI is InChI=1S/C13H18N2O2/c1-2-3-4-6-9-7-5-8-10(12(14)16)11(9)13(15)17/h5,7-8H,2-4,6H2,1H3,(H2,14,16)(H2,15,17). The van der Waals surface area contributed by atoms with Crippen molar-refractivity contribution in [3.63, 3.8) is 0 Å². The van der Waals surface area contributed by atoms with E-state index in [4.69, 9.17) is 11.5 Å². The lowest BCUT2D eigenvalue weighted by Crippen LogP contribution is -2.22. The highest BCUT2D eigenvalue weighted by atomic mass is 16.2. The van der Waals surface area contributed by atoms with Gasteiger partial charge in [-0.25, -0.2) is 0 Å². The minimum absolute atomic E-state index is 0.214. The number of hydrogen-bond acceptors (Lipinski definition) is 2. The van der Waals surface area contributed by atoms with E-state index in [0.29, 0.717) is 0 Å². The molecule has 0 aliphatic carbocycles. The number of benzene rings is 1. The molecule has 4 heteroatoms. The van der Waals surface area contributed by atoms with Crippen LogP contribution in [-0.4, -0.2) is 11.8 Å². The van der Waals surface area contributed by atoms with E-state index in [1.165, 1.54) is 6.07 Å². The molecule has 1 aromatic rings. The topological polar surface area (TPSA) is 86.2 Å². The summed E-state index contributed by atoms with van der Waals surface area (Å²) in [5.74, 6) is -1.21. The molecule has 0 bridgehead atoms. The second-order valence-corrected chi connectivity index (χ2v) is 4.03. The van der Waals surface area contributed by atoms with Crippen molar-refractivity contribution in [3.05, 3.63) is 34.9 Å². The number of aryl methyl sites for hydroxylation is 1. The molecular weight excluding hydrogens is 216 g/mol. The van der Waals surface area contributed by atoms with E-state index in [0.717, 1.165) is 31.2 Å². The molecule has 0 saturated carbocycles. The van der Waals surface area contributed by atoms with E-state index in [2.05, 4.69) is 6.92 Å². The molecule has 0 unspecified atom stereocenters. The zero-order valence-corrected chi connectivity index (χ0v) is 10.0. The van der Waals surface area contributed by atoms with Crippen LogP contribution in [0.3, 0.4) is 0 Å². The molecule has 17 heavy (non-hydrogen) atoms. The van der Waals surface area contributed by atoms with Gasteiger partial charge in [0, 0.05) is 0 Å². The van der Waals surface area contributed by atoms with Crippen molar-refractivity contribution in [2.75, 3.05) is 0 Å². The first kappa shape index (κ1) is 13.2. The van der Waals surface area contributed by atoms with Crippen molar-refractivity contribution in [1.82, 2.24) is 0 Å². The summed E-state index contributed by atoms with van der Waals surface area (Å²) < 4.78 is 0. The molecular formula is C13H18N2O2. The lowest BCUT2D eigenvalue weighted by Gasteiger charge is -2.09. The normalized spacial score (nSPS) is 10.2. The Hall–Kier alpha value is -1.84. The van der Waals surface area contributed by atoms with Crippen LogP contribution in [0.5, 0.6) is 0 Å². The van der Waals surface area contributed by atoms with E-state index in [-0.39, 0.29) is 11.1 Å². The highest BCUT2D eigenvalue weighted by Crippen LogP contribution is 2.17. The van der Waals surface area contributed by atoms with Crippen LogP contribution in [0.1, 0.15) is 52.5 Å². The Bertz CT molecular complexity index is 427. The molecule has 1 aromatic carbocycles. The average molecular weight is 234 g/mol. The Morgan fingerprint density at radius 3 is 2.35 bits per heavy atom. The summed E-state index contributed by atoms with van der Waals surface area (Å²) in [5, 5.41) is 0. The van der Waals surface area contributed by atoms with Crippen molar-refractivity contribution in [2.45, 2.75) is 32.6 Å². The van der Waals surface area contributed by atoms with Crippen molar-refractivity contribution in [1.29, 1.82) is 0 Å². The number of rotatable bonds is 6. The van der Waals surface area contributed by atoms with Crippen molar-refractivity contribution < 1.29 is 9.59 Å². The zero-order chi connectivity index (χ0) is 12.8. The van der Waals surface area contributed by atoms with E-state index in [9.17, 15) is 9.59 Å². The number of carbonyl (C=O) groups excluding carboxylic acids is 2. The van der Waals surface area contributed by atoms with Gasteiger partial charge in [0.15, 0.2) is 0 Å². The molecule has 2 amide bonds. The van der Waals surface area contributed by atoms with Gasteiger partial charge >= 0.3 is 0 Å². The summed E-state index contributed by atoms with van der Waals surface area (Å²) >= 11 is 0. The van der Waals surface area contributed by atoms with Crippen LogP contribution in [-0.2, 0) is 6.42 Å². The number of nitrogens with two attached hydrogens (primary N) is 2. The third-order valence-corrected chi connectivity index (χ3v) is 2.71. The lowest BCUT2D eigenvalue weighted by atomic mass is 9.96. The fourth-order valence-corrected chi connectivity index (χ4v) is 1.87. The molecule has 0 heterocycles. The van der Waals surface area contributed by atoms with E-state index in [1.807, 2.05) is 6.07 Å². The Morgan fingerprint density at radius 1 is 1.12 bits per heavy atom. The predicted molar refractivity (Wildman–Crippen MR) is 66.7 cm³/mol. The van der Waals surface area contributed by atoms with Gasteiger partial charge < -0.3 is 11.5 Å².